The molecule has 7 heteroatoms. The fourth-order valence-corrected chi connectivity index (χ4v) is 4.18. The van der Waals surface area contributed by atoms with Crippen LogP contribution in [0.25, 0.3) is 0 Å². The van der Waals surface area contributed by atoms with Crippen LogP contribution in [-0.2, 0) is 9.53 Å². The summed E-state index contributed by atoms with van der Waals surface area (Å²) < 4.78 is 4.90. The number of aromatic nitrogens is 1. The first-order chi connectivity index (χ1) is 11.7. The van der Waals surface area contributed by atoms with E-state index in [0.29, 0.717) is 5.56 Å². The summed E-state index contributed by atoms with van der Waals surface area (Å²) in [7, 11) is 1.30. The van der Waals surface area contributed by atoms with Gasteiger partial charge in [-0.25, -0.2) is 0 Å². The standard InChI is InChI=1S/C17H14N4O2S/c1-23-16(22)14-13(12-5-3-7-24-12)17(9-18,10-19)15(21-14)11-4-2-6-20-8-11/h2-8,13-15,21H,1H3/t13-,14+,15-/m0/s1. The van der Waals surface area contributed by atoms with E-state index in [9.17, 15) is 15.3 Å². The minimum atomic E-state index is -1.44. The SMILES string of the molecule is COC(=O)[C@@H]1N[C@@H](c2cccnc2)C(C#N)(C#N)[C@H]1c1cccs1. The Balaban J connectivity index is 2.18. The van der Waals surface area contributed by atoms with Crippen molar-refractivity contribution < 1.29 is 9.53 Å². The van der Waals surface area contributed by atoms with E-state index in [0.717, 1.165) is 4.88 Å². The number of nitrogens with zero attached hydrogens (tertiary/aromatic N) is 3. The second kappa shape index (κ2) is 6.40. The van der Waals surface area contributed by atoms with Crippen molar-refractivity contribution in [3.05, 3.63) is 52.5 Å². The van der Waals surface area contributed by atoms with Gasteiger partial charge in [-0.1, -0.05) is 12.1 Å². The van der Waals surface area contributed by atoms with Crippen LogP contribution in [0.2, 0.25) is 0 Å². The maximum atomic E-state index is 12.3. The van der Waals surface area contributed by atoms with Crippen molar-refractivity contribution in [3.8, 4) is 12.1 Å². The molecule has 1 saturated heterocycles. The molecule has 0 saturated carbocycles. The average Bonchev–Trinajstić information content (AvgIpc) is 3.27. The van der Waals surface area contributed by atoms with Gasteiger partial charge in [0.2, 0.25) is 0 Å². The van der Waals surface area contributed by atoms with E-state index >= 15 is 0 Å². The van der Waals surface area contributed by atoms with E-state index in [1.807, 2.05) is 17.5 Å². The summed E-state index contributed by atoms with van der Waals surface area (Å²) in [6, 6.07) is 10.1. The number of esters is 1. The van der Waals surface area contributed by atoms with Gasteiger partial charge in [0.1, 0.15) is 6.04 Å². The molecule has 1 aliphatic rings. The summed E-state index contributed by atoms with van der Waals surface area (Å²) >= 11 is 1.42. The van der Waals surface area contributed by atoms with Gasteiger partial charge in [0.05, 0.1) is 31.2 Å². The number of nitrogens with one attached hydrogen (secondary N) is 1. The van der Waals surface area contributed by atoms with Gasteiger partial charge >= 0.3 is 5.97 Å². The summed E-state index contributed by atoms with van der Waals surface area (Å²) in [6.45, 7) is 0. The zero-order valence-corrected chi connectivity index (χ0v) is 13.7. The lowest BCUT2D eigenvalue weighted by Crippen LogP contribution is -2.36. The van der Waals surface area contributed by atoms with Gasteiger partial charge in [-0.2, -0.15) is 10.5 Å². The van der Waals surface area contributed by atoms with Gasteiger partial charge in [0, 0.05) is 17.3 Å². The van der Waals surface area contributed by atoms with Crippen molar-refractivity contribution >= 4 is 17.3 Å². The molecule has 0 bridgehead atoms. The molecule has 1 fully saturated rings. The second-order valence-corrected chi connectivity index (χ2v) is 6.45. The Hall–Kier alpha value is -2.74. The number of nitriles is 2. The first-order valence-corrected chi connectivity index (χ1v) is 8.15. The van der Waals surface area contributed by atoms with Crippen molar-refractivity contribution in [3.63, 3.8) is 0 Å². The third-order valence-electron chi connectivity index (χ3n) is 4.32. The highest BCUT2D eigenvalue weighted by Crippen LogP contribution is 2.53. The van der Waals surface area contributed by atoms with Gasteiger partial charge in [-0.05, 0) is 23.1 Å². The Morgan fingerprint density at radius 3 is 2.71 bits per heavy atom. The third-order valence-corrected chi connectivity index (χ3v) is 5.27. The maximum Gasteiger partial charge on any atom is 0.323 e. The van der Waals surface area contributed by atoms with Crippen LogP contribution >= 0.6 is 11.3 Å². The monoisotopic (exact) mass is 338 g/mol. The molecule has 0 aromatic carbocycles. The van der Waals surface area contributed by atoms with Crippen LogP contribution in [0.15, 0.2) is 42.0 Å². The van der Waals surface area contributed by atoms with Gasteiger partial charge in [0.25, 0.3) is 0 Å². The summed E-state index contributed by atoms with van der Waals surface area (Å²) in [4.78, 5) is 17.2. The smallest absolute Gasteiger partial charge is 0.323 e. The normalized spacial score (nSPS) is 24.7. The molecule has 1 N–H and O–H groups in total. The molecule has 24 heavy (non-hydrogen) atoms. The summed E-state index contributed by atoms with van der Waals surface area (Å²) in [5.41, 5.74) is -0.749. The highest BCUT2D eigenvalue weighted by atomic mass is 32.1. The molecule has 6 nitrogen and oxygen atoms in total. The van der Waals surface area contributed by atoms with Crippen LogP contribution in [0.5, 0.6) is 0 Å². The van der Waals surface area contributed by atoms with E-state index in [4.69, 9.17) is 4.74 Å². The quantitative estimate of drug-likeness (QED) is 0.861. The number of rotatable bonds is 3. The molecule has 3 rings (SSSR count). The number of hydrogen-bond acceptors (Lipinski definition) is 7. The molecule has 2 aromatic rings. The van der Waals surface area contributed by atoms with Crippen LogP contribution in [-0.4, -0.2) is 24.1 Å². The Morgan fingerprint density at radius 2 is 2.17 bits per heavy atom. The Bertz CT molecular complexity index is 793. The Morgan fingerprint density at radius 1 is 1.38 bits per heavy atom. The van der Waals surface area contributed by atoms with Gasteiger partial charge in [-0.3, -0.25) is 15.1 Å². The van der Waals surface area contributed by atoms with Crippen molar-refractivity contribution in [1.29, 1.82) is 10.5 Å². The zero-order chi connectivity index (χ0) is 17.2. The van der Waals surface area contributed by atoms with Crippen LogP contribution in [0, 0.1) is 28.1 Å². The third kappa shape index (κ3) is 2.35. The van der Waals surface area contributed by atoms with E-state index in [1.54, 1.807) is 24.5 Å². The van der Waals surface area contributed by atoms with Gasteiger partial charge < -0.3 is 4.74 Å². The molecular formula is C17H14N4O2S. The predicted octanol–water partition coefficient (Wildman–Crippen LogP) is 2.15. The molecule has 3 atom stereocenters. The van der Waals surface area contributed by atoms with Gasteiger partial charge in [0.15, 0.2) is 5.41 Å². The maximum absolute atomic E-state index is 12.3. The lowest BCUT2D eigenvalue weighted by Gasteiger charge is -2.26. The molecule has 1 aliphatic heterocycles. The van der Waals surface area contributed by atoms with E-state index in [1.165, 1.54) is 18.4 Å². The van der Waals surface area contributed by atoms with Crippen LogP contribution < -0.4 is 5.32 Å². The Labute approximate surface area is 143 Å². The highest BCUT2D eigenvalue weighted by molar-refractivity contribution is 7.10. The fourth-order valence-electron chi connectivity index (χ4n) is 3.24. The topological polar surface area (TPSA) is 98.8 Å². The van der Waals surface area contributed by atoms with Crippen molar-refractivity contribution in [2.75, 3.05) is 7.11 Å². The lowest BCUT2D eigenvalue weighted by molar-refractivity contribution is -0.143. The van der Waals surface area contributed by atoms with Crippen molar-refractivity contribution in [2.45, 2.75) is 18.0 Å². The first kappa shape index (κ1) is 16.1. The van der Waals surface area contributed by atoms with Crippen LogP contribution in [0.1, 0.15) is 22.4 Å². The number of carbonyl (C=O) groups excluding carboxylic acids is 1. The minimum absolute atomic E-state index is 0.491. The summed E-state index contributed by atoms with van der Waals surface area (Å²) in [5.74, 6) is -1.11. The number of carbonyl (C=O) groups is 1. The molecule has 0 spiro atoms. The van der Waals surface area contributed by atoms with Crippen LogP contribution in [0.3, 0.4) is 0 Å². The fraction of sp³-hybridized carbons (Fsp3) is 0.294. The summed E-state index contributed by atoms with van der Waals surface area (Å²) in [5, 5.41) is 24.8. The number of pyridine rings is 1. The molecule has 0 unspecified atom stereocenters. The van der Waals surface area contributed by atoms with Crippen LogP contribution in [0.4, 0.5) is 0 Å². The summed E-state index contributed by atoms with van der Waals surface area (Å²) in [6.07, 6.45) is 3.22. The lowest BCUT2D eigenvalue weighted by atomic mass is 9.71. The first-order valence-electron chi connectivity index (χ1n) is 7.27. The number of ether oxygens (including phenoxy) is 1. The number of methoxy groups -OCH3 is 1. The molecule has 3 heterocycles. The second-order valence-electron chi connectivity index (χ2n) is 5.47. The minimum Gasteiger partial charge on any atom is -0.468 e. The van der Waals surface area contributed by atoms with E-state index in [2.05, 4.69) is 22.4 Å². The largest absolute Gasteiger partial charge is 0.468 e. The molecule has 0 amide bonds. The average molecular weight is 338 g/mol. The van der Waals surface area contributed by atoms with E-state index < -0.39 is 29.4 Å². The molecule has 120 valence electrons. The number of thiophene rings is 1. The molecule has 0 aliphatic carbocycles. The zero-order valence-electron chi connectivity index (χ0n) is 12.8. The predicted molar refractivity (Wildman–Crippen MR) is 86.6 cm³/mol. The molecule has 0 radical (unpaired) electrons. The highest BCUT2D eigenvalue weighted by Gasteiger charge is 2.60. The molecular weight excluding hydrogens is 324 g/mol. The Kier molecular flexibility index (Phi) is 4.30. The van der Waals surface area contributed by atoms with Gasteiger partial charge in [-0.15, -0.1) is 11.3 Å². The van der Waals surface area contributed by atoms with E-state index in [-0.39, 0.29) is 0 Å². The number of hydrogen-bond donors (Lipinski definition) is 1. The van der Waals surface area contributed by atoms with Crippen molar-refractivity contribution in [1.82, 2.24) is 10.3 Å². The molecule has 2 aromatic heterocycles. The van der Waals surface area contributed by atoms with Crippen molar-refractivity contribution in [2.24, 2.45) is 5.41 Å².